The number of anilines is 3. The summed E-state index contributed by atoms with van der Waals surface area (Å²) in [6.07, 6.45) is -0.0948. The molecule has 4 amide bonds. The van der Waals surface area contributed by atoms with Gasteiger partial charge >= 0.3 is 6.03 Å². The van der Waals surface area contributed by atoms with Gasteiger partial charge < -0.3 is 15.4 Å². The van der Waals surface area contributed by atoms with Gasteiger partial charge in [-0.2, -0.15) is 0 Å². The number of carbonyl (C=O) groups excluding carboxylic acids is 3. The highest BCUT2D eigenvalue weighted by molar-refractivity contribution is 7.92. The molecule has 5 rings (SSSR count). The quantitative estimate of drug-likeness (QED) is 0.342. The molecule has 3 aromatic rings. The Kier molecular flexibility index (Phi) is 8.12. The van der Waals surface area contributed by atoms with E-state index >= 15 is 4.39 Å². The largest absolute Gasteiger partial charge is 0.384 e. The van der Waals surface area contributed by atoms with Crippen molar-refractivity contribution in [2.45, 2.75) is 10.6 Å². The van der Waals surface area contributed by atoms with Crippen LogP contribution in [0, 0.1) is 5.82 Å². The highest BCUT2D eigenvalue weighted by atomic mass is 32.2. The van der Waals surface area contributed by atoms with Crippen LogP contribution in [-0.2, 0) is 26.0 Å². The molecule has 0 spiro atoms. The second-order valence-corrected chi connectivity index (χ2v) is 12.0. The second-order valence-electron chi connectivity index (χ2n) is 9.12. The third-order valence-electron chi connectivity index (χ3n) is 6.42. The van der Waals surface area contributed by atoms with Crippen molar-refractivity contribution in [3.05, 3.63) is 70.9 Å². The minimum Gasteiger partial charge on any atom is -0.384 e. The van der Waals surface area contributed by atoms with Crippen LogP contribution in [0.25, 0.3) is 0 Å². The van der Waals surface area contributed by atoms with Gasteiger partial charge in [-0.05, 0) is 53.4 Å². The number of carbonyl (C=O) groups is 3. The molecule has 3 heterocycles. The van der Waals surface area contributed by atoms with Crippen LogP contribution < -0.4 is 20.3 Å². The lowest BCUT2D eigenvalue weighted by atomic mass is 9.97. The first-order valence-corrected chi connectivity index (χ1v) is 14.8. The van der Waals surface area contributed by atoms with Gasteiger partial charge in [0, 0.05) is 43.1 Å². The van der Waals surface area contributed by atoms with Crippen molar-refractivity contribution >= 4 is 56.3 Å². The molecule has 2 aromatic carbocycles. The van der Waals surface area contributed by atoms with E-state index in [2.05, 4.69) is 15.5 Å². The summed E-state index contributed by atoms with van der Waals surface area (Å²) >= 11 is 0.934. The Morgan fingerprint density at radius 2 is 1.82 bits per heavy atom. The molecule has 11 nitrogen and oxygen atoms in total. The smallest absolute Gasteiger partial charge is 0.333 e. The predicted molar refractivity (Wildman–Crippen MR) is 148 cm³/mol. The van der Waals surface area contributed by atoms with Gasteiger partial charge in [0.05, 0.1) is 25.3 Å². The number of sulfonamides is 1. The topological polar surface area (TPSA) is 137 Å². The molecule has 210 valence electrons. The zero-order valence-electron chi connectivity index (χ0n) is 21.2. The van der Waals surface area contributed by atoms with Gasteiger partial charge in [-0.15, -0.1) is 11.3 Å². The summed E-state index contributed by atoms with van der Waals surface area (Å²) in [7, 11) is -4.07. The minimum atomic E-state index is -4.07. The van der Waals surface area contributed by atoms with Crippen molar-refractivity contribution in [3.8, 4) is 0 Å². The van der Waals surface area contributed by atoms with Gasteiger partial charge in [0.25, 0.3) is 15.9 Å². The summed E-state index contributed by atoms with van der Waals surface area (Å²) in [6, 6.07) is 10.2. The molecule has 14 heteroatoms. The van der Waals surface area contributed by atoms with Crippen molar-refractivity contribution in [2.24, 2.45) is 0 Å². The monoisotopic (exact) mass is 587 g/mol. The molecule has 2 aliphatic rings. The fourth-order valence-corrected chi connectivity index (χ4v) is 6.37. The van der Waals surface area contributed by atoms with E-state index in [1.165, 1.54) is 24.3 Å². The van der Waals surface area contributed by atoms with Crippen LogP contribution in [0.15, 0.2) is 58.1 Å². The molecule has 1 saturated heterocycles. The number of nitrogens with one attached hydrogen (secondary N) is 3. The summed E-state index contributed by atoms with van der Waals surface area (Å²) in [5.41, 5.74) is 1.28. The molecule has 3 N–H and O–H groups in total. The first-order chi connectivity index (χ1) is 19.2. The van der Waals surface area contributed by atoms with E-state index in [0.717, 1.165) is 60.8 Å². The number of rotatable bonds is 8. The fraction of sp³-hybridized carbons (Fsp3) is 0.269. The van der Waals surface area contributed by atoms with Crippen LogP contribution >= 0.6 is 11.3 Å². The van der Waals surface area contributed by atoms with Gasteiger partial charge in [-0.3, -0.25) is 14.5 Å². The lowest BCUT2D eigenvalue weighted by Gasteiger charge is -2.28. The highest BCUT2D eigenvalue weighted by Gasteiger charge is 2.34. The molecular weight excluding hydrogens is 561 g/mol. The number of hydrogen-bond acceptors (Lipinski definition) is 9. The van der Waals surface area contributed by atoms with E-state index in [1.54, 1.807) is 23.6 Å². The third kappa shape index (κ3) is 6.14. The molecular formula is C26H26FN5O6S2. The number of morpholine rings is 1. The molecule has 0 unspecified atom stereocenters. The molecule has 1 fully saturated rings. The summed E-state index contributed by atoms with van der Waals surface area (Å²) in [4.78, 5) is 41.4. The third-order valence-corrected chi connectivity index (χ3v) is 9.15. The summed E-state index contributed by atoms with van der Waals surface area (Å²) in [5, 5.41) is 7.10. The number of urea groups is 1. The molecule has 0 atom stereocenters. The molecule has 1 aromatic heterocycles. The number of benzene rings is 2. The minimum absolute atomic E-state index is 0.0533. The normalized spacial score (nSPS) is 16.0. The van der Waals surface area contributed by atoms with E-state index in [0.29, 0.717) is 12.1 Å². The van der Waals surface area contributed by atoms with Gasteiger partial charge in [0.2, 0.25) is 5.91 Å². The zero-order valence-corrected chi connectivity index (χ0v) is 22.8. The van der Waals surface area contributed by atoms with E-state index in [1.807, 2.05) is 4.72 Å². The van der Waals surface area contributed by atoms with Crippen LogP contribution in [0.1, 0.15) is 15.9 Å². The molecule has 40 heavy (non-hydrogen) atoms. The Labute approximate surface area is 234 Å². The van der Waals surface area contributed by atoms with Crippen molar-refractivity contribution in [2.75, 3.05) is 54.9 Å². The lowest BCUT2D eigenvalue weighted by molar-refractivity contribution is -0.117. The Morgan fingerprint density at radius 3 is 2.55 bits per heavy atom. The number of ether oxygens (including phenoxy) is 1. The first kappa shape index (κ1) is 27.7. The zero-order chi connectivity index (χ0) is 28.3. The Morgan fingerprint density at radius 1 is 1.05 bits per heavy atom. The summed E-state index contributed by atoms with van der Waals surface area (Å²) < 4.78 is 46.6. The van der Waals surface area contributed by atoms with E-state index in [9.17, 15) is 22.8 Å². The molecule has 2 aliphatic heterocycles. The molecule has 0 radical (unpaired) electrons. The fourth-order valence-electron chi connectivity index (χ4n) is 4.47. The van der Waals surface area contributed by atoms with Crippen LogP contribution in [0.2, 0.25) is 0 Å². The van der Waals surface area contributed by atoms with E-state index in [4.69, 9.17) is 4.74 Å². The molecule has 0 bridgehead atoms. The number of imide groups is 1. The molecule has 0 saturated carbocycles. The summed E-state index contributed by atoms with van der Waals surface area (Å²) in [6.45, 7) is 4.72. The maximum absolute atomic E-state index is 15.1. The number of hydrogen-bond donors (Lipinski definition) is 3. The van der Waals surface area contributed by atoms with E-state index < -0.39 is 33.7 Å². The van der Waals surface area contributed by atoms with Gasteiger partial charge in [-0.25, -0.2) is 27.2 Å². The number of amides is 4. The standard InChI is InChI=1S/C26H26FN5O6S2/c27-21-16-19(29-26(35)30-40(36,37)24-2-1-13-39-24)4-6-22(21)32-23(33)15-17-14-18(3-5-20(17)25(32)34)28-7-8-31-9-11-38-12-10-31/h1-6,13-14,16,28H,7-12,15H2,(H2,29,30,35). The Balaban J connectivity index is 1.24. The maximum atomic E-state index is 15.1. The number of halogens is 1. The van der Waals surface area contributed by atoms with Crippen LogP contribution in [0.5, 0.6) is 0 Å². The second kappa shape index (κ2) is 11.7. The molecule has 0 aliphatic carbocycles. The average Bonchev–Trinajstić information content (AvgIpc) is 3.46. The van der Waals surface area contributed by atoms with Crippen molar-refractivity contribution in [1.29, 1.82) is 0 Å². The number of thiophene rings is 1. The highest BCUT2D eigenvalue weighted by Crippen LogP contribution is 2.30. The average molecular weight is 588 g/mol. The van der Waals surface area contributed by atoms with Crippen LogP contribution in [0.4, 0.5) is 26.2 Å². The Hall–Kier alpha value is -3.85. The van der Waals surface area contributed by atoms with Gasteiger partial charge in [0.15, 0.2) is 0 Å². The maximum Gasteiger partial charge on any atom is 0.333 e. The van der Waals surface area contributed by atoms with Gasteiger partial charge in [0.1, 0.15) is 10.0 Å². The summed E-state index contributed by atoms with van der Waals surface area (Å²) in [5.74, 6) is -2.20. The predicted octanol–water partition coefficient (Wildman–Crippen LogP) is 2.87. The van der Waals surface area contributed by atoms with Crippen LogP contribution in [-0.4, -0.2) is 70.6 Å². The van der Waals surface area contributed by atoms with Crippen LogP contribution in [0.3, 0.4) is 0 Å². The SMILES string of the molecule is O=C(Nc1ccc(N2C(=O)Cc3cc(NCCN4CCOCC4)ccc3C2=O)c(F)c1)NS(=O)(=O)c1cccs1. The lowest BCUT2D eigenvalue weighted by Crippen LogP contribution is -2.43. The first-order valence-electron chi connectivity index (χ1n) is 12.4. The van der Waals surface area contributed by atoms with Crippen molar-refractivity contribution in [3.63, 3.8) is 0 Å². The number of fused-ring (bicyclic) bond motifs is 1. The Bertz CT molecular complexity index is 1540. The van der Waals surface area contributed by atoms with Gasteiger partial charge in [-0.1, -0.05) is 6.07 Å². The van der Waals surface area contributed by atoms with Crippen molar-refractivity contribution < 1.29 is 31.9 Å². The van der Waals surface area contributed by atoms with Crippen molar-refractivity contribution in [1.82, 2.24) is 9.62 Å². The van der Waals surface area contributed by atoms with E-state index in [-0.39, 0.29) is 27.6 Å². The number of nitrogens with zero attached hydrogens (tertiary/aromatic N) is 2.